The van der Waals surface area contributed by atoms with E-state index in [1.807, 2.05) is 36.4 Å². The molecule has 0 saturated carbocycles. The highest BCUT2D eigenvalue weighted by atomic mass is 35.5. The maximum absolute atomic E-state index is 11.9. The van der Waals surface area contributed by atoms with Crippen molar-refractivity contribution in [3.8, 4) is 0 Å². The molecular formula is C15H11ClN2OS. The van der Waals surface area contributed by atoms with Crippen molar-refractivity contribution in [3.05, 3.63) is 64.7 Å². The first-order chi connectivity index (χ1) is 9.72. The van der Waals surface area contributed by atoms with Crippen molar-refractivity contribution >= 4 is 40.7 Å². The lowest BCUT2D eigenvalue weighted by molar-refractivity contribution is -0.113. The van der Waals surface area contributed by atoms with Crippen molar-refractivity contribution in [2.24, 2.45) is 4.99 Å². The molecule has 1 aromatic carbocycles. The molecule has 3 rings (SSSR count). The second-order valence-corrected chi connectivity index (χ2v) is 5.91. The number of allylic oxidation sites excluding steroid dienone is 3. The van der Waals surface area contributed by atoms with Crippen molar-refractivity contribution < 1.29 is 4.79 Å². The van der Waals surface area contributed by atoms with Crippen LogP contribution in [-0.2, 0) is 4.79 Å². The number of amides is 1. The number of carbonyl (C=O) groups excluding carboxylic acids is 1. The summed E-state index contributed by atoms with van der Waals surface area (Å²) >= 11 is 7.41. The summed E-state index contributed by atoms with van der Waals surface area (Å²) in [5, 5.41) is 3.85. The third-order valence-electron chi connectivity index (χ3n) is 2.85. The van der Waals surface area contributed by atoms with Crippen LogP contribution in [0.4, 0.5) is 5.69 Å². The fourth-order valence-corrected chi connectivity index (χ4v) is 3.05. The van der Waals surface area contributed by atoms with E-state index in [0.29, 0.717) is 9.93 Å². The lowest BCUT2D eigenvalue weighted by Crippen LogP contribution is -2.22. The largest absolute Gasteiger partial charge is 0.360 e. The monoisotopic (exact) mass is 302 g/mol. The number of halogens is 1. The fraction of sp³-hybridized carbons (Fsp3) is 0.0667. The molecule has 1 aliphatic heterocycles. The van der Waals surface area contributed by atoms with Gasteiger partial charge in [-0.05, 0) is 24.3 Å². The number of hydrogen-bond acceptors (Lipinski definition) is 3. The van der Waals surface area contributed by atoms with Gasteiger partial charge in [-0.15, -0.1) is 11.8 Å². The molecule has 0 fully saturated rings. The van der Waals surface area contributed by atoms with Crippen LogP contribution in [0.5, 0.6) is 0 Å². The molecule has 5 heteroatoms. The van der Waals surface area contributed by atoms with Crippen LogP contribution in [0.15, 0.2) is 64.7 Å². The molecule has 0 spiro atoms. The van der Waals surface area contributed by atoms with Crippen LogP contribution < -0.4 is 5.32 Å². The average molecular weight is 303 g/mol. The number of hydrogen-bond donors (Lipinski definition) is 1. The van der Waals surface area contributed by atoms with E-state index in [2.05, 4.69) is 10.3 Å². The number of aliphatic imine (C=N–C) groups is 1. The molecule has 0 bridgehead atoms. The molecule has 20 heavy (non-hydrogen) atoms. The molecule has 0 radical (unpaired) electrons. The Balaban J connectivity index is 1.79. The maximum atomic E-state index is 11.9. The van der Waals surface area contributed by atoms with Gasteiger partial charge in [0, 0.05) is 16.9 Å². The summed E-state index contributed by atoms with van der Waals surface area (Å²) < 4.78 is 0. The van der Waals surface area contributed by atoms with Gasteiger partial charge in [0.05, 0.1) is 15.9 Å². The number of carbonyl (C=O) groups is 1. The van der Waals surface area contributed by atoms with Gasteiger partial charge < -0.3 is 5.32 Å². The number of fused-ring (bicyclic) bond motifs is 1. The first-order valence-corrected chi connectivity index (χ1v) is 7.35. The van der Waals surface area contributed by atoms with E-state index in [1.165, 1.54) is 11.8 Å². The van der Waals surface area contributed by atoms with Gasteiger partial charge in [-0.25, -0.2) is 4.99 Å². The minimum Gasteiger partial charge on any atom is -0.360 e. The Morgan fingerprint density at radius 2 is 2.25 bits per heavy atom. The number of nitrogens with one attached hydrogen (secondary N) is 1. The molecule has 1 N–H and O–H groups in total. The van der Waals surface area contributed by atoms with Crippen LogP contribution in [0, 0.1) is 0 Å². The zero-order chi connectivity index (χ0) is 13.9. The average Bonchev–Trinajstić information content (AvgIpc) is 2.45. The van der Waals surface area contributed by atoms with E-state index in [4.69, 9.17) is 11.6 Å². The highest BCUT2D eigenvalue weighted by molar-refractivity contribution is 8.05. The molecule has 1 amide bonds. The molecule has 1 aromatic rings. The molecule has 0 aromatic heterocycles. The van der Waals surface area contributed by atoms with E-state index in [-0.39, 0.29) is 11.2 Å². The minimum atomic E-state index is -0.212. The molecule has 1 aliphatic carbocycles. The molecule has 2 aliphatic rings. The Labute approximate surface area is 126 Å². The van der Waals surface area contributed by atoms with Crippen LogP contribution in [0.3, 0.4) is 0 Å². The van der Waals surface area contributed by atoms with Crippen molar-refractivity contribution in [2.45, 2.75) is 5.25 Å². The number of thioether (sulfide) groups is 1. The zero-order valence-electron chi connectivity index (χ0n) is 10.4. The Hall–Kier alpha value is -1.78. The van der Waals surface area contributed by atoms with Gasteiger partial charge in [-0.2, -0.15) is 0 Å². The highest BCUT2D eigenvalue weighted by Gasteiger charge is 2.25. The summed E-state index contributed by atoms with van der Waals surface area (Å²) in [5.41, 5.74) is 1.65. The van der Waals surface area contributed by atoms with Gasteiger partial charge in [-0.3, -0.25) is 4.79 Å². The Morgan fingerprint density at radius 1 is 1.35 bits per heavy atom. The minimum absolute atomic E-state index is 0.116. The SMILES string of the molecule is O=C1N=C2C=CC=CC2S/C1=C/Nc1cccc(Cl)c1. The maximum Gasteiger partial charge on any atom is 0.285 e. The van der Waals surface area contributed by atoms with E-state index >= 15 is 0 Å². The quantitative estimate of drug-likeness (QED) is 0.845. The standard InChI is InChI=1S/C15H11ClN2OS/c16-10-4-3-5-11(8-10)17-9-14-15(19)18-12-6-1-2-7-13(12)20-14/h1-9,13,17H/b14-9+. The van der Waals surface area contributed by atoms with E-state index in [1.54, 1.807) is 18.3 Å². The van der Waals surface area contributed by atoms with E-state index < -0.39 is 0 Å². The first kappa shape index (κ1) is 13.2. The normalized spacial score (nSPS) is 22.6. The van der Waals surface area contributed by atoms with Gasteiger partial charge in [0.15, 0.2) is 0 Å². The molecule has 0 saturated heterocycles. The number of nitrogens with zero attached hydrogens (tertiary/aromatic N) is 1. The molecular weight excluding hydrogens is 292 g/mol. The summed E-state index contributed by atoms with van der Waals surface area (Å²) in [7, 11) is 0. The molecule has 3 nitrogen and oxygen atoms in total. The smallest absolute Gasteiger partial charge is 0.285 e. The highest BCUT2D eigenvalue weighted by Crippen LogP contribution is 2.31. The summed E-state index contributed by atoms with van der Waals surface area (Å²) in [6.45, 7) is 0. The van der Waals surface area contributed by atoms with Gasteiger partial charge in [0.1, 0.15) is 0 Å². The van der Waals surface area contributed by atoms with Crippen molar-refractivity contribution in [2.75, 3.05) is 5.32 Å². The van der Waals surface area contributed by atoms with E-state index in [0.717, 1.165) is 11.4 Å². The van der Waals surface area contributed by atoms with Crippen molar-refractivity contribution in [1.29, 1.82) is 0 Å². The van der Waals surface area contributed by atoms with Crippen molar-refractivity contribution in [1.82, 2.24) is 0 Å². The Bertz CT molecular complexity index is 676. The summed E-state index contributed by atoms with van der Waals surface area (Å²) in [6, 6.07) is 7.34. The van der Waals surface area contributed by atoms with Gasteiger partial charge in [0.2, 0.25) is 0 Å². The molecule has 1 unspecified atom stereocenters. The van der Waals surface area contributed by atoms with Crippen LogP contribution in [0.1, 0.15) is 0 Å². The predicted octanol–water partition coefficient (Wildman–Crippen LogP) is 3.80. The van der Waals surface area contributed by atoms with Gasteiger partial charge in [-0.1, -0.05) is 35.9 Å². The fourth-order valence-electron chi connectivity index (χ4n) is 1.90. The number of benzene rings is 1. The zero-order valence-corrected chi connectivity index (χ0v) is 12.0. The molecule has 1 atom stereocenters. The molecule has 1 heterocycles. The van der Waals surface area contributed by atoms with Crippen LogP contribution in [-0.4, -0.2) is 16.9 Å². The second kappa shape index (κ2) is 5.69. The third-order valence-corrected chi connectivity index (χ3v) is 4.28. The van der Waals surface area contributed by atoms with E-state index in [9.17, 15) is 4.79 Å². The van der Waals surface area contributed by atoms with Crippen molar-refractivity contribution in [3.63, 3.8) is 0 Å². The summed E-state index contributed by atoms with van der Waals surface area (Å²) in [5.74, 6) is -0.212. The second-order valence-electron chi connectivity index (χ2n) is 4.29. The van der Waals surface area contributed by atoms with Gasteiger partial charge >= 0.3 is 0 Å². The summed E-state index contributed by atoms with van der Waals surface area (Å²) in [6.07, 6.45) is 9.45. The lowest BCUT2D eigenvalue weighted by atomic mass is 10.1. The Morgan fingerprint density at radius 3 is 3.10 bits per heavy atom. The first-order valence-electron chi connectivity index (χ1n) is 6.09. The third kappa shape index (κ3) is 2.86. The number of anilines is 1. The topological polar surface area (TPSA) is 41.5 Å². The van der Waals surface area contributed by atoms with Crippen LogP contribution in [0.25, 0.3) is 0 Å². The van der Waals surface area contributed by atoms with Gasteiger partial charge in [0.25, 0.3) is 5.91 Å². The lowest BCUT2D eigenvalue weighted by Gasteiger charge is -2.20. The predicted molar refractivity (Wildman–Crippen MR) is 85.3 cm³/mol. The number of rotatable bonds is 2. The summed E-state index contributed by atoms with van der Waals surface area (Å²) in [4.78, 5) is 16.6. The Kier molecular flexibility index (Phi) is 3.76. The molecule has 100 valence electrons. The van der Waals surface area contributed by atoms with Crippen LogP contribution >= 0.6 is 23.4 Å². The van der Waals surface area contributed by atoms with Crippen LogP contribution in [0.2, 0.25) is 5.02 Å².